The standard InChI is InChI=1S/C14H20FNO3S/c1-3-7-11(2)14(16-13(17)10-15)20(18,19)12-8-5-4-6-9-12/h4-6,8-9,11,14H,3,7,10H2,1-2H3,(H,16,17). The first-order valence-electron chi connectivity index (χ1n) is 6.57. The van der Waals surface area contributed by atoms with Crippen molar-refractivity contribution in [2.45, 2.75) is 37.0 Å². The zero-order chi connectivity index (χ0) is 15.2. The largest absolute Gasteiger partial charge is 0.337 e. The van der Waals surface area contributed by atoms with Gasteiger partial charge in [-0.1, -0.05) is 38.5 Å². The number of carbonyl (C=O) groups is 1. The van der Waals surface area contributed by atoms with Gasteiger partial charge in [0.25, 0.3) is 5.91 Å². The lowest BCUT2D eigenvalue weighted by Crippen LogP contribution is -2.45. The molecule has 0 radical (unpaired) electrons. The highest BCUT2D eigenvalue weighted by Gasteiger charge is 2.33. The maximum atomic E-state index is 12.6. The molecular weight excluding hydrogens is 281 g/mol. The van der Waals surface area contributed by atoms with Gasteiger partial charge in [-0.05, 0) is 24.5 Å². The average molecular weight is 301 g/mol. The van der Waals surface area contributed by atoms with Gasteiger partial charge in [0.15, 0.2) is 16.5 Å². The van der Waals surface area contributed by atoms with E-state index in [1.807, 2.05) is 6.92 Å². The van der Waals surface area contributed by atoms with Crippen molar-refractivity contribution in [2.24, 2.45) is 5.92 Å². The first kappa shape index (κ1) is 16.6. The summed E-state index contributed by atoms with van der Waals surface area (Å²) in [6.07, 6.45) is 1.41. The SMILES string of the molecule is CCCC(C)C(NC(=O)CF)S(=O)(=O)c1ccccc1. The summed E-state index contributed by atoms with van der Waals surface area (Å²) in [4.78, 5) is 11.4. The van der Waals surface area contributed by atoms with E-state index in [1.165, 1.54) is 12.1 Å². The number of sulfone groups is 1. The molecule has 0 aromatic heterocycles. The third-order valence-corrected chi connectivity index (χ3v) is 5.27. The number of hydrogen-bond acceptors (Lipinski definition) is 3. The van der Waals surface area contributed by atoms with Crippen LogP contribution >= 0.6 is 0 Å². The van der Waals surface area contributed by atoms with E-state index in [4.69, 9.17) is 0 Å². The number of alkyl halides is 1. The minimum absolute atomic E-state index is 0.132. The van der Waals surface area contributed by atoms with Gasteiger partial charge < -0.3 is 5.32 Å². The van der Waals surface area contributed by atoms with Gasteiger partial charge in [0.05, 0.1) is 4.90 Å². The molecule has 1 aromatic carbocycles. The minimum Gasteiger partial charge on any atom is -0.337 e. The van der Waals surface area contributed by atoms with E-state index >= 15 is 0 Å². The number of benzene rings is 1. The third-order valence-electron chi connectivity index (χ3n) is 3.09. The summed E-state index contributed by atoms with van der Waals surface area (Å²) < 4.78 is 37.5. The number of rotatable bonds is 7. The van der Waals surface area contributed by atoms with E-state index in [0.717, 1.165) is 6.42 Å². The Morgan fingerprint density at radius 3 is 2.40 bits per heavy atom. The van der Waals surface area contributed by atoms with E-state index in [9.17, 15) is 17.6 Å². The van der Waals surface area contributed by atoms with E-state index in [-0.39, 0.29) is 10.8 Å². The smallest absolute Gasteiger partial charge is 0.252 e. The van der Waals surface area contributed by atoms with Crippen molar-refractivity contribution in [1.29, 1.82) is 0 Å². The summed E-state index contributed by atoms with van der Waals surface area (Å²) in [5.41, 5.74) is 0. The van der Waals surface area contributed by atoms with E-state index in [2.05, 4.69) is 5.32 Å². The molecule has 2 unspecified atom stereocenters. The molecule has 0 heterocycles. The highest BCUT2D eigenvalue weighted by molar-refractivity contribution is 7.92. The van der Waals surface area contributed by atoms with Gasteiger partial charge in [-0.3, -0.25) is 4.79 Å². The van der Waals surface area contributed by atoms with E-state index in [0.29, 0.717) is 6.42 Å². The highest BCUT2D eigenvalue weighted by Crippen LogP contribution is 2.22. The summed E-state index contributed by atoms with van der Waals surface area (Å²) in [5.74, 6) is -1.20. The fraction of sp³-hybridized carbons (Fsp3) is 0.500. The van der Waals surface area contributed by atoms with Crippen molar-refractivity contribution >= 4 is 15.7 Å². The molecule has 112 valence electrons. The number of halogens is 1. The van der Waals surface area contributed by atoms with Crippen LogP contribution in [0.1, 0.15) is 26.7 Å². The van der Waals surface area contributed by atoms with Crippen LogP contribution in [-0.4, -0.2) is 26.4 Å². The molecule has 6 heteroatoms. The number of carbonyl (C=O) groups excluding carboxylic acids is 1. The van der Waals surface area contributed by atoms with Crippen LogP contribution in [0.25, 0.3) is 0 Å². The van der Waals surface area contributed by atoms with Gasteiger partial charge in [-0.25, -0.2) is 12.8 Å². The zero-order valence-electron chi connectivity index (χ0n) is 11.7. The summed E-state index contributed by atoms with van der Waals surface area (Å²) in [7, 11) is -3.73. The predicted molar refractivity (Wildman–Crippen MR) is 75.6 cm³/mol. The molecule has 0 aliphatic heterocycles. The van der Waals surface area contributed by atoms with E-state index in [1.54, 1.807) is 25.1 Å². The Balaban J connectivity index is 3.12. The number of hydrogen-bond donors (Lipinski definition) is 1. The van der Waals surface area contributed by atoms with Crippen molar-refractivity contribution in [1.82, 2.24) is 5.32 Å². The Bertz CT molecular complexity index is 531. The zero-order valence-corrected chi connectivity index (χ0v) is 12.5. The van der Waals surface area contributed by atoms with Crippen molar-refractivity contribution in [3.63, 3.8) is 0 Å². The average Bonchev–Trinajstić information content (AvgIpc) is 2.45. The maximum Gasteiger partial charge on any atom is 0.252 e. The lowest BCUT2D eigenvalue weighted by Gasteiger charge is -2.24. The molecule has 0 fully saturated rings. The summed E-state index contributed by atoms with van der Waals surface area (Å²) in [6.45, 7) is 2.45. The monoisotopic (exact) mass is 301 g/mol. The summed E-state index contributed by atoms with van der Waals surface area (Å²) >= 11 is 0. The number of nitrogens with one attached hydrogen (secondary N) is 1. The van der Waals surface area contributed by atoms with Gasteiger partial charge in [0.2, 0.25) is 0 Å². The van der Waals surface area contributed by atoms with Crippen LogP contribution in [0.2, 0.25) is 0 Å². The van der Waals surface area contributed by atoms with Crippen LogP contribution < -0.4 is 5.32 Å². The van der Waals surface area contributed by atoms with E-state index < -0.39 is 27.8 Å². The molecule has 1 amide bonds. The minimum atomic E-state index is -3.73. The van der Waals surface area contributed by atoms with Gasteiger partial charge in [-0.15, -0.1) is 0 Å². The molecule has 0 bridgehead atoms. The quantitative estimate of drug-likeness (QED) is 0.840. The molecule has 0 spiro atoms. The highest BCUT2D eigenvalue weighted by atomic mass is 32.2. The molecule has 1 aromatic rings. The first-order chi connectivity index (χ1) is 9.43. The lowest BCUT2D eigenvalue weighted by molar-refractivity contribution is -0.122. The summed E-state index contributed by atoms with van der Waals surface area (Å²) in [6, 6.07) is 7.89. The molecule has 0 saturated heterocycles. The Kier molecular flexibility index (Phi) is 6.13. The van der Waals surface area contributed by atoms with Crippen LogP contribution in [0.15, 0.2) is 35.2 Å². The molecule has 1 N–H and O–H groups in total. The topological polar surface area (TPSA) is 63.2 Å². The Hall–Kier alpha value is -1.43. The molecule has 20 heavy (non-hydrogen) atoms. The molecule has 2 atom stereocenters. The molecule has 4 nitrogen and oxygen atoms in total. The van der Waals surface area contributed by atoms with Gasteiger partial charge in [0.1, 0.15) is 5.37 Å². The summed E-state index contributed by atoms with van der Waals surface area (Å²) in [5, 5.41) is 1.18. The van der Waals surface area contributed by atoms with Crippen molar-refractivity contribution in [2.75, 3.05) is 6.67 Å². The van der Waals surface area contributed by atoms with Gasteiger partial charge in [-0.2, -0.15) is 0 Å². The van der Waals surface area contributed by atoms with Crippen LogP contribution in [-0.2, 0) is 14.6 Å². The Labute approximate surface area is 119 Å². The van der Waals surface area contributed by atoms with Gasteiger partial charge in [0, 0.05) is 0 Å². The molecule has 1 rings (SSSR count). The Morgan fingerprint density at radius 1 is 1.30 bits per heavy atom. The first-order valence-corrected chi connectivity index (χ1v) is 8.12. The molecule has 0 aliphatic carbocycles. The Morgan fingerprint density at radius 2 is 1.90 bits per heavy atom. The second-order valence-corrected chi connectivity index (χ2v) is 6.82. The molecule has 0 aliphatic rings. The molecule has 0 saturated carbocycles. The fourth-order valence-electron chi connectivity index (χ4n) is 2.09. The third kappa shape index (κ3) is 4.03. The van der Waals surface area contributed by atoms with Gasteiger partial charge >= 0.3 is 0 Å². The van der Waals surface area contributed by atoms with Crippen LogP contribution in [0.4, 0.5) is 4.39 Å². The normalized spacial score (nSPS) is 14.6. The second kappa shape index (κ2) is 7.38. The predicted octanol–water partition coefficient (Wildman–Crippen LogP) is 2.31. The second-order valence-electron chi connectivity index (χ2n) is 4.75. The van der Waals surface area contributed by atoms with Crippen molar-refractivity contribution < 1.29 is 17.6 Å². The fourth-order valence-corrected chi connectivity index (χ4v) is 3.95. The maximum absolute atomic E-state index is 12.6. The van der Waals surface area contributed by atoms with Crippen molar-refractivity contribution in [3.8, 4) is 0 Å². The number of amides is 1. The van der Waals surface area contributed by atoms with Crippen molar-refractivity contribution in [3.05, 3.63) is 30.3 Å². The van der Waals surface area contributed by atoms with Crippen LogP contribution in [0.5, 0.6) is 0 Å². The lowest BCUT2D eigenvalue weighted by atomic mass is 10.1. The van der Waals surface area contributed by atoms with Crippen LogP contribution in [0.3, 0.4) is 0 Å². The molecular formula is C14H20FNO3S. The van der Waals surface area contributed by atoms with Crippen LogP contribution in [0, 0.1) is 5.92 Å².